The zero-order valence-corrected chi connectivity index (χ0v) is 6.28. The van der Waals surface area contributed by atoms with E-state index in [1.165, 1.54) is 0 Å². The molecule has 0 bridgehead atoms. The van der Waals surface area contributed by atoms with Gasteiger partial charge in [0.25, 0.3) is 0 Å². The van der Waals surface area contributed by atoms with Crippen LogP contribution >= 0.6 is 0 Å². The largest absolute Gasteiger partial charge is 0.264 e. The second-order valence-corrected chi connectivity index (χ2v) is 2.06. The van der Waals surface area contributed by atoms with Gasteiger partial charge in [0, 0.05) is 18.0 Å². The van der Waals surface area contributed by atoms with Crippen LogP contribution in [0, 0.1) is 11.3 Å². The molecule has 0 radical (unpaired) electrons. The third kappa shape index (κ3) is 1.65. The highest BCUT2D eigenvalue weighted by atomic mass is 14.6. The van der Waals surface area contributed by atoms with Gasteiger partial charge >= 0.3 is 0 Å². The van der Waals surface area contributed by atoms with Crippen LogP contribution in [0.1, 0.15) is 12.5 Å². The van der Waals surface area contributed by atoms with E-state index in [0.29, 0.717) is 5.57 Å². The topological polar surface area (TPSA) is 36.7 Å². The molecule has 54 valence electrons. The molecule has 1 heterocycles. The fourth-order valence-corrected chi connectivity index (χ4v) is 0.818. The minimum absolute atomic E-state index is 0.665. The van der Waals surface area contributed by atoms with Crippen molar-refractivity contribution in [2.75, 3.05) is 0 Å². The number of aromatic nitrogens is 1. The average molecular weight is 144 g/mol. The molecule has 0 aliphatic carbocycles. The van der Waals surface area contributed by atoms with Gasteiger partial charge in [-0.3, -0.25) is 4.98 Å². The van der Waals surface area contributed by atoms with Gasteiger partial charge in [-0.1, -0.05) is 12.1 Å². The number of hydrogen-bond acceptors (Lipinski definition) is 2. The average Bonchev–Trinajstić information content (AvgIpc) is 2.09. The molecule has 0 saturated carbocycles. The monoisotopic (exact) mass is 144 g/mol. The molecule has 0 unspecified atom stereocenters. The van der Waals surface area contributed by atoms with Crippen molar-refractivity contribution >= 4 is 5.57 Å². The molecule has 0 amide bonds. The van der Waals surface area contributed by atoms with E-state index in [1.54, 1.807) is 18.5 Å². The lowest BCUT2D eigenvalue weighted by Crippen LogP contribution is -1.80. The zero-order valence-electron chi connectivity index (χ0n) is 6.28. The van der Waals surface area contributed by atoms with E-state index in [2.05, 4.69) is 11.1 Å². The van der Waals surface area contributed by atoms with Gasteiger partial charge in [-0.2, -0.15) is 5.26 Å². The zero-order chi connectivity index (χ0) is 8.10. The molecule has 0 saturated heterocycles. The van der Waals surface area contributed by atoms with Gasteiger partial charge in [-0.25, -0.2) is 0 Å². The summed E-state index contributed by atoms with van der Waals surface area (Å²) in [6.07, 6.45) is 5.14. The van der Waals surface area contributed by atoms with Crippen LogP contribution in [0.5, 0.6) is 0 Å². The lowest BCUT2D eigenvalue weighted by atomic mass is 10.1. The Labute approximate surface area is 65.8 Å². The van der Waals surface area contributed by atoms with Crippen LogP contribution in [0.15, 0.2) is 30.6 Å². The van der Waals surface area contributed by atoms with E-state index in [4.69, 9.17) is 5.26 Å². The van der Waals surface area contributed by atoms with Crippen LogP contribution in [0.2, 0.25) is 0 Å². The van der Waals surface area contributed by atoms with Crippen LogP contribution < -0.4 is 0 Å². The molecule has 0 aliphatic rings. The van der Waals surface area contributed by atoms with E-state index in [9.17, 15) is 0 Å². The molecule has 2 nitrogen and oxygen atoms in total. The number of pyridine rings is 1. The third-order valence-electron chi connectivity index (χ3n) is 1.38. The Morgan fingerprint density at radius 2 is 2.55 bits per heavy atom. The van der Waals surface area contributed by atoms with Crippen molar-refractivity contribution in [3.05, 3.63) is 36.2 Å². The first-order valence-corrected chi connectivity index (χ1v) is 3.35. The van der Waals surface area contributed by atoms with E-state index < -0.39 is 0 Å². The predicted molar refractivity (Wildman–Crippen MR) is 43.5 cm³/mol. The van der Waals surface area contributed by atoms with Gasteiger partial charge < -0.3 is 0 Å². The Hall–Kier alpha value is -1.62. The van der Waals surface area contributed by atoms with Crippen molar-refractivity contribution in [3.63, 3.8) is 0 Å². The van der Waals surface area contributed by atoms with Gasteiger partial charge in [0.1, 0.15) is 0 Å². The summed E-state index contributed by atoms with van der Waals surface area (Å²) in [5.74, 6) is 0. The Kier molecular flexibility index (Phi) is 2.40. The first kappa shape index (κ1) is 7.49. The lowest BCUT2D eigenvalue weighted by molar-refractivity contribution is 1.31. The predicted octanol–water partition coefficient (Wildman–Crippen LogP) is 2.01. The maximum absolute atomic E-state index is 8.63. The molecule has 1 rings (SSSR count). The maximum Gasteiger partial charge on any atom is 0.0995 e. The smallest absolute Gasteiger partial charge is 0.0995 e. The molecule has 0 N–H and O–H groups in total. The summed E-state index contributed by atoms with van der Waals surface area (Å²) in [6, 6.07) is 5.77. The van der Waals surface area contributed by atoms with Crippen molar-refractivity contribution in [1.29, 1.82) is 5.26 Å². The van der Waals surface area contributed by atoms with Gasteiger partial charge in [-0.05, 0) is 13.0 Å². The molecule has 1 aromatic heterocycles. The van der Waals surface area contributed by atoms with Crippen LogP contribution in [0.25, 0.3) is 5.57 Å². The number of nitrogens with zero attached hydrogens (tertiary/aromatic N) is 2. The molecule has 0 aliphatic heterocycles. The highest BCUT2D eigenvalue weighted by Gasteiger charge is 1.95. The summed E-state index contributed by atoms with van der Waals surface area (Å²) in [5.41, 5.74) is 1.54. The second-order valence-electron chi connectivity index (χ2n) is 2.06. The molecule has 0 spiro atoms. The maximum atomic E-state index is 8.63. The summed E-state index contributed by atoms with van der Waals surface area (Å²) in [4.78, 5) is 3.91. The fourth-order valence-electron chi connectivity index (χ4n) is 0.818. The normalized spacial score (nSPS) is 10.7. The molecule has 0 atom stereocenters. The SMILES string of the molecule is C/C=C(/C#N)c1cccnc1. The first-order chi connectivity index (χ1) is 5.38. The standard InChI is InChI=1S/C9H8N2/c1-2-8(6-10)9-4-3-5-11-7-9/h2-5,7H,1H3/b8-2-. The summed E-state index contributed by atoms with van der Waals surface area (Å²) < 4.78 is 0. The highest BCUT2D eigenvalue weighted by Crippen LogP contribution is 2.09. The van der Waals surface area contributed by atoms with Gasteiger partial charge in [0.2, 0.25) is 0 Å². The first-order valence-electron chi connectivity index (χ1n) is 3.35. The van der Waals surface area contributed by atoms with Crippen LogP contribution in [0.3, 0.4) is 0 Å². The van der Waals surface area contributed by atoms with Crippen molar-refractivity contribution < 1.29 is 0 Å². The van der Waals surface area contributed by atoms with Crippen molar-refractivity contribution in [2.45, 2.75) is 6.92 Å². The van der Waals surface area contributed by atoms with Crippen molar-refractivity contribution in [1.82, 2.24) is 4.98 Å². The summed E-state index contributed by atoms with van der Waals surface area (Å²) in [5, 5.41) is 8.63. The molecular weight excluding hydrogens is 136 g/mol. The van der Waals surface area contributed by atoms with Gasteiger partial charge in [0.15, 0.2) is 0 Å². The van der Waals surface area contributed by atoms with E-state index in [-0.39, 0.29) is 0 Å². The molecule has 0 fully saturated rings. The van der Waals surface area contributed by atoms with E-state index in [1.807, 2.05) is 19.1 Å². The summed E-state index contributed by atoms with van der Waals surface area (Å²) >= 11 is 0. The summed E-state index contributed by atoms with van der Waals surface area (Å²) in [7, 11) is 0. The third-order valence-corrected chi connectivity index (χ3v) is 1.38. The number of allylic oxidation sites excluding steroid dienone is 2. The van der Waals surface area contributed by atoms with Crippen LogP contribution in [-0.4, -0.2) is 4.98 Å². The Morgan fingerprint density at radius 1 is 1.73 bits per heavy atom. The fraction of sp³-hybridized carbons (Fsp3) is 0.111. The summed E-state index contributed by atoms with van der Waals surface area (Å²) in [6.45, 7) is 1.84. The lowest BCUT2D eigenvalue weighted by Gasteiger charge is -1.93. The molecule has 1 aromatic rings. The van der Waals surface area contributed by atoms with Gasteiger partial charge in [0.05, 0.1) is 11.6 Å². The molecule has 0 aromatic carbocycles. The number of nitriles is 1. The highest BCUT2D eigenvalue weighted by molar-refractivity contribution is 5.75. The Balaban J connectivity index is 3.05. The van der Waals surface area contributed by atoms with Crippen LogP contribution in [0.4, 0.5) is 0 Å². The van der Waals surface area contributed by atoms with Crippen molar-refractivity contribution in [3.8, 4) is 6.07 Å². The van der Waals surface area contributed by atoms with E-state index in [0.717, 1.165) is 5.56 Å². The second kappa shape index (κ2) is 3.52. The number of hydrogen-bond donors (Lipinski definition) is 0. The minimum Gasteiger partial charge on any atom is -0.264 e. The van der Waals surface area contributed by atoms with E-state index >= 15 is 0 Å². The van der Waals surface area contributed by atoms with Crippen molar-refractivity contribution in [2.24, 2.45) is 0 Å². The Bertz CT molecular complexity index is 293. The number of rotatable bonds is 1. The molecule has 2 heteroatoms. The van der Waals surface area contributed by atoms with Crippen LogP contribution in [-0.2, 0) is 0 Å². The minimum atomic E-state index is 0.665. The Morgan fingerprint density at radius 3 is 3.00 bits per heavy atom. The molecular formula is C9H8N2. The quantitative estimate of drug-likeness (QED) is 0.565. The molecule has 11 heavy (non-hydrogen) atoms. The van der Waals surface area contributed by atoms with Gasteiger partial charge in [-0.15, -0.1) is 0 Å².